The molecule has 0 saturated carbocycles. The van der Waals surface area contributed by atoms with Gasteiger partial charge >= 0.3 is 0 Å². The van der Waals surface area contributed by atoms with Crippen LogP contribution >= 0.6 is 24.0 Å². The molecule has 0 unspecified atom stereocenters. The molecule has 2 N–H and O–H groups in total. The summed E-state index contributed by atoms with van der Waals surface area (Å²) in [6.07, 6.45) is 5.40. The van der Waals surface area contributed by atoms with Crippen LogP contribution < -0.4 is 15.5 Å². The normalized spacial score (nSPS) is 13.9. The zero-order valence-corrected chi connectivity index (χ0v) is 18.8. The number of piperazine rings is 1. The van der Waals surface area contributed by atoms with Crippen LogP contribution in [0.15, 0.2) is 59.6 Å². The molecule has 1 aliphatic heterocycles. The van der Waals surface area contributed by atoms with E-state index in [2.05, 4.69) is 55.6 Å². The van der Waals surface area contributed by atoms with Gasteiger partial charge in [0.2, 0.25) is 5.91 Å². The van der Waals surface area contributed by atoms with Gasteiger partial charge in [-0.2, -0.15) is 0 Å². The van der Waals surface area contributed by atoms with E-state index in [1.54, 1.807) is 13.1 Å². The Morgan fingerprint density at radius 2 is 1.83 bits per heavy atom. The van der Waals surface area contributed by atoms with Gasteiger partial charge in [-0.3, -0.25) is 9.79 Å². The number of aliphatic imine (C=N–C) groups is 1. The van der Waals surface area contributed by atoms with E-state index in [1.165, 1.54) is 5.69 Å². The Morgan fingerprint density at radius 3 is 2.48 bits per heavy atom. The molecule has 1 aliphatic rings. The lowest BCUT2D eigenvalue weighted by Gasteiger charge is -2.37. The second kappa shape index (κ2) is 11.3. The summed E-state index contributed by atoms with van der Waals surface area (Å²) >= 11 is 0. The highest BCUT2D eigenvalue weighted by Gasteiger charge is 2.20. The zero-order chi connectivity index (χ0) is 19.8. The number of halogens is 1. The van der Waals surface area contributed by atoms with Crippen molar-refractivity contribution in [2.75, 3.05) is 50.0 Å². The van der Waals surface area contributed by atoms with Crippen molar-refractivity contribution in [1.29, 1.82) is 0 Å². The summed E-state index contributed by atoms with van der Waals surface area (Å²) in [6.45, 7) is 3.66. The standard InChI is InChI=1S/C22H25N5O.HI/c1-3-18-8-7-9-19(16-18)25-21(28)17-24-22(23-2)27-14-12-26(13-15-27)20-10-5-4-6-11-20;/h1,4-11,16H,12-15,17H2,2H3,(H,23,24)(H,25,28);1H. The monoisotopic (exact) mass is 503 g/mol. The number of nitrogens with one attached hydrogen (secondary N) is 2. The molecule has 29 heavy (non-hydrogen) atoms. The van der Waals surface area contributed by atoms with Crippen molar-refractivity contribution >= 4 is 47.2 Å². The third-order valence-electron chi connectivity index (χ3n) is 4.63. The summed E-state index contributed by atoms with van der Waals surface area (Å²) in [5, 5.41) is 6.00. The minimum absolute atomic E-state index is 0. The first kappa shape index (κ1) is 22.6. The molecule has 1 amide bonds. The van der Waals surface area contributed by atoms with Crippen LogP contribution in [0, 0.1) is 12.3 Å². The van der Waals surface area contributed by atoms with Crippen LogP contribution in [0.25, 0.3) is 0 Å². The molecule has 0 spiro atoms. The average molecular weight is 503 g/mol. The number of hydrogen-bond acceptors (Lipinski definition) is 3. The van der Waals surface area contributed by atoms with Gasteiger partial charge in [-0.25, -0.2) is 0 Å². The molecule has 0 aliphatic carbocycles. The second-order valence-corrected chi connectivity index (χ2v) is 6.48. The minimum atomic E-state index is -0.141. The maximum atomic E-state index is 12.2. The van der Waals surface area contributed by atoms with Crippen molar-refractivity contribution in [2.45, 2.75) is 0 Å². The van der Waals surface area contributed by atoms with Crippen LogP contribution in [0.5, 0.6) is 0 Å². The van der Waals surface area contributed by atoms with E-state index in [-0.39, 0.29) is 36.4 Å². The van der Waals surface area contributed by atoms with Gasteiger partial charge in [-0.1, -0.05) is 30.2 Å². The third kappa shape index (κ3) is 6.39. The minimum Gasteiger partial charge on any atom is -0.368 e. The number of terminal acetylenes is 1. The first-order valence-electron chi connectivity index (χ1n) is 9.31. The zero-order valence-electron chi connectivity index (χ0n) is 16.5. The summed E-state index contributed by atoms with van der Waals surface area (Å²) in [7, 11) is 1.74. The van der Waals surface area contributed by atoms with Crippen LogP contribution in [0.1, 0.15) is 5.56 Å². The van der Waals surface area contributed by atoms with Gasteiger partial charge in [0.05, 0.1) is 6.54 Å². The highest BCUT2D eigenvalue weighted by Crippen LogP contribution is 2.15. The molecule has 3 rings (SSSR count). The van der Waals surface area contributed by atoms with Crippen LogP contribution in [0.2, 0.25) is 0 Å². The Morgan fingerprint density at radius 1 is 1.10 bits per heavy atom. The van der Waals surface area contributed by atoms with Crippen LogP contribution in [-0.2, 0) is 4.79 Å². The Hall–Kier alpha value is -2.73. The van der Waals surface area contributed by atoms with Crippen LogP contribution in [-0.4, -0.2) is 56.5 Å². The van der Waals surface area contributed by atoms with Crippen LogP contribution in [0.4, 0.5) is 11.4 Å². The molecule has 2 aromatic carbocycles. The lowest BCUT2D eigenvalue weighted by atomic mass is 10.2. The Bertz CT molecular complexity index is 870. The quantitative estimate of drug-likeness (QED) is 0.292. The molecule has 1 heterocycles. The van der Waals surface area contributed by atoms with Crippen molar-refractivity contribution in [3.05, 3.63) is 60.2 Å². The Kier molecular flexibility index (Phi) is 8.80. The summed E-state index contributed by atoms with van der Waals surface area (Å²) < 4.78 is 0. The molecule has 7 heteroatoms. The average Bonchev–Trinajstić information content (AvgIpc) is 2.75. The van der Waals surface area contributed by atoms with E-state index in [1.807, 2.05) is 24.3 Å². The molecular formula is C22H26IN5O. The predicted molar refractivity (Wildman–Crippen MR) is 130 cm³/mol. The fraction of sp³-hybridized carbons (Fsp3) is 0.273. The van der Waals surface area contributed by atoms with Gasteiger partial charge in [0.25, 0.3) is 0 Å². The maximum Gasteiger partial charge on any atom is 0.243 e. The van der Waals surface area contributed by atoms with E-state index in [0.717, 1.165) is 37.7 Å². The van der Waals surface area contributed by atoms with Gasteiger partial charge in [0.15, 0.2) is 5.96 Å². The smallest absolute Gasteiger partial charge is 0.243 e. The summed E-state index contributed by atoms with van der Waals surface area (Å²) in [5.74, 6) is 3.16. The maximum absolute atomic E-state index is 12.2. The highest BCUT2D eigenvalue weighted by atomic mass is 127. The van der Waals surface area contributed by atoms with Crippen molar-refractivity contribution in [3.63, 3.8) is 0 Å². The topological polar surface area (TPSA) is 60.0 Å². The van der Waals surface area contributed by atoms with E-state index in [4.69, 9.17) is 6.42 Å². The summed E-state index contributed by atoms with van der Waals surface area (Å²) in [6, 6.07) is 17.6. The fourth-order valence-corrected chi connectivity index (χ4v) is 3.20. The van der Waals surface area contributed by atoms with E-state index in [9.17, 15) is 4.79 Å². The Labute approximate surface area is 189 Å². The van der Waals surface area contributed by atoms with Crippen molar-refractivity contribution in [3.8, 4) is 12.3 Å². The number of hydrogen-bond donors (Lipinski definition) is 2. The summed E-state index contributed by atoms with van der Waals surface area (Å²) in [5.41, 5.74) is 2.66. The Balaban J connectivity index is 0.00000300. The van der Waals surface area contributed by atoms with E-state index in [0.29, 0.717) is 5.69 Å². The van der Waals surface area contributed by atoms with Crippen molar-refractivity contribution in [1.82, 2.24) is 10.2 Å². The first-order chi connectivity index (χ1) is 13.7. The third-order valence-corrected chi connectivity index (χ3v) is 4.63. The largest absolute Gasteiger partial charge is 0.368 e. The summed E-state index contributed by atoms with van der Waals surface area (Å²) in [4.78, 5) is 21.1. The van der Waals surface area contributed by atoms with Crippen LogP contribution in [0.3, 0.4) is 0 Å². The van der Waals surface area contributed by atoms with E-state index >= 15 is 0 Å². The van der Waals surface area contributed by atoms with Gasteiger partial charge in [0, 0.05) is 50.2 Å². The molecule has 0 radical (unpaired) electrons. The number of benzene rings is 2. The number of guanidine groups is 1. The van der Waals surface area contributed by atoms with Gasteiger partial charge in [-0.15, -0.1) is 30.4 Å². The van der Waals surface area contributed by atoms with Gasteiger partial charge < -0.3 is 20.4 Å². The SMILES string of the molecule is C#Cc1cccc(NC(=O)CNC(=NC)N2CCN(c3ccccc3)CC2)c1.I. The van der Waals surface area contributed by atoms with Gasteiger partial charge in [-0.05, 0) is 30.3 Å². The molecular weight excluding hydrogens is 477 g/mol. The van der Waals surface area contributed by atoms with E-state index < -0.39 is 0 Å². The number of nitrogens with zero attached hydrogens (tertiary/aromatic N) is 3. The first-order valence-corrected chi connectivity index (χ1v) is 9.31. The molecule has 6 nitrogen and oxygen atoms in total. The number of carbonyl (C=O) groups excluding carboxylic acids is 1. The molecule has 0 atom stereocenters. The molecule has 152 valence electrons. The molecule has 1 fully saturated rings. The molecule has 0 aromatic heterocycles. The lowest BCUT2D eigenvalue weighted by molar-refractivity contribution is -0.115. The van der Waals surface area contributed by atoms with Gasteiger partial charge in [0.1, 0.15) is 0 Å². The fourth-order valence-electron chi connectivity index (χ4n) is 3.20. The second-order valence-electron chi connectivity index (χ2n) is 6.48. The number of rotatable bonds is 4. The van der Waals surface area contributed by atoms with Crippen molar-refractivity contribution in [2.24, 2.45) is 4.99 Å². The highest BCUT2D eigenvalue weighted by molar-refractivity contribution is 14.0. The lowest BCUT2D eigenvalue weighted by Crippen LogP contribution is -2.53. The number of para-hydroxylation sites is 1. The molecule has 2 aromatic rings. The number of carbonyl (C=O) groups is 1. The molecule has 0 bridgehead atoms. The molecule has 1 saturated heterocycles. The number of anilines is 2. The predicted octanol–water partition coefficient (Wildman–Crippen LogP) is 2.62. The number of amides is 1. The van der Waals surface area contributed by atoms with Crippen molar-refractivity contribution < 1.29 is 4.79 Å².